The van der Waals surface area contributed by atoms with Crippen LogP contribution in [-0.2, 0) is 19.4 Å². The number of hydrogen-bond acceptors (Lipinski definition) is 3. The molecule has 3 heteroatoms. The molecule has 3 aromatic rings. The van der Waals surface area contributed by atoms with Gasteiger partial charge in [0.05, 0.1) is 0 Å². The Morgan fingerprint density at radius 3 is 2.86 bits per heavy atom. The molecule has 0 fully saturated rings. The van der Waals surface area contributed by atoms with Crippen molar-refractivity contribution in [2.24, 2.45) is 0 Å². The van der Waals surface area contributed by atoms with Crippen molar-refractivity contribution in [3.63, 3.8) is 0 Å². The van der Waals surface area contributed by atoms with E-state index < -0.39 is 0 Å². The van der Waals surface area contributed by atoms with Gasteiger partial charge in [0, 0.05) is 43.3 Å². The Labute approximate surface area is 130 Å². The van der Waals surface area contributed by atoms with Crippen molar-refractivity contribution in [1.82, 2.24) is 14.9 Å². The molecule has 0 atom stereocenters. The molecule has 0 amide bonds. The van der Waals surface area contributed by atoms with Crippen molar-refractivity contribution in [2.75, 3.05) is 13.1 Å². The number of benzene rings is 1. The van der Waals surface area contributed by atoms with E-state index in [1.165, 1.54) is 16.8 Å². The van der Waals surface area contributed by atoms with E-state index >= 15 is 0 Å². The van der Waals surface area contributed by atoms with Crippen LogP contribution < -0.4 is 0 Å². The minimum atomic E-state index is 0.874. The van der Waals surface area contributed by atoms with Crippen LogP contribution in [0, 0.1) is 0 Å². The van der Waals surface area contributed by atoms with E-state index in [9.17, 15) is 0 Å². The molecule has 0 saturated carbocycles. The molecular formula is C19H19N3. The summed E-state index contributed by atoms with van der Waals surface area (Å²) in [5.74, 6) is 0. The van der Waals surface area contributed by atoms with Gasteiger partial charge in [-0.15, -0.1) is 0 Å². The summed E-state index contributed by atoms with van der Waals surface area (Å²) in [6, 6.07) is 17.1. The Kier molecular flexibility index (Phi) is 3.57. The van der Waals surface area contributed by atoms with Crippen molar-refractivity contribution in [2.45, 2.75) is 19.4 Å². The maximum atomic E-state index is 4.73. The Bertz CT molecular complexity index is 783. The van der Waals surface area contributed by atoms with E-state index in [-0.39, 0.29) is 0 Å². The lowest BCUT2D eigenvalue weighted by Crippen LogP contribution is -2.32. The molecule has 0 bridgehead atoms. The second kappa shape index (κ2) is 5.85. The van der Waals surface area contributed by atoms with Crippen LogP contribution in [-0.4, -0.2) is 28.0 Å². The fraction of sp³-hybridized carbons (Fsp3) is 0.263. The first-order chi connectivity index (χ1) is 10.9. The largest absolute Gasteiger partial charge is 0.298 e. The van der Waals surface area contributed by atoms with Crippen molar-refractivity contribution < 1.29 is 0 Å². The van der Waals surface area contributed by atoms with Crippen LogP contribution in [0.5, 0.6) is 0 Å². The number of hydrogen-bond donors (Lipinski definition) is 0. The van der Waals surface area contributed by atoms with Crippen molar-refractivity contribution in [3.8, 4) is 0 Å². The maximum absolute atomic E-state index is 4.73. The van der Waals surface area contributed by atoms with E-state index in [0.717, 1.165) is 43.5 Å². The first-order valence-electron chi connectivity index (χ1n) is 7.88. The molecule has 4 rings (SSSR count). The maximum Gasteiger partial charge on any atom is 0.159 e. The van der Waals surface area contributed by atoms with Crippen LogP contribution >= 0.6 is 0 Å². The lowest BCUT2D eigenvalue weighted by molar-refractivity contribution is 0.255. The van der Waals surface area contributed by atoms with Crippen molar-refractivity contribution >= 4 is 11.0 Å². The average molecular weight is 289 g/mol. The van der Waals surface area contributed by atoms with Crippen LogP contribution in [0.1, 0.15) is 16.8 Å². The Balaban J connectivity index is 1.50. The molecule has 2 aromatic heterocycles. The molecule has 0 saturated heterocycles. The summed E-state index contributed by atoms with van der Waals surface area (Å²) in [5.41, 5.74) is 4.87. The highest BCUT2D eigenvalue weighted by Crippen LogP contribution is 2.21. The van der Waals surface area contributed by atoms with Crippen LogP contribution in [0.15, 0.2) is 54.7 Å². The Morgan fingerprint density at radius 1 is 1.05 bits per heavy atom. The molecule has 0 unspecified atom stereocenters. The van der Waals surface area contributed by atoms with Gasteiger partial charge in [0.15, 0.2) is 5.65 Å². The monoisotopic (exact) mass is 289 g/mol. The Hall–Kier alpha value is -2.26. The van der Waals surface area contributed by atoms with Gasteiger partial charge in [-0.25, -0.2) is 9.97 Å². The molecule has 0 N–H and O–H groups in total. The SMILES string of the molecule is c1ccc(CCN2CCc3nc4ncccc4cc3C2)cc1. The molecule has 22 heavy (non-hydrogen) atoms. The summed E-state index contributed by atoms with van der Waals surface area (Å²) in [5, 5.41) is 1.14. The number of pyridine rings is 2. The third-order valence-corrected chi connectivity index (χ3v) is 4.38. The summed E-state index contributed by atoms with van der Waals surface area (Å²) >= 11 is 0. The third kappa shape index (κ3) is 2.72. The normalized spacial score (nSPS) is 14.9. The lowest BCUT2D eigenvalue weighted by atomic mass is 10.0. The second-order valence-electron chi connectivity index (χ2n) is 5.91. The third-order valence-electron chi connectivity index (χ3n) is 4.38. The van der Waals surface area contributed by atoms with E-state index in [0.29, 0.717) is 0 Å². The molecule has 110 valence electrons. The smallest absolute Gasteiger partial charge is 0.159 e. The lowest BCUT2D eigenvalue weighted by Gasteiger charge is -2.28. The quantitative estimate of drug-likeness (QED) is 0.741. The van der Waals surface area contributed by atoms with Crippen LogP contribution in [0.2, 0.25) is 0 Å². The summed E-state index contributed by atoms with van der Waals surface area (Å²) < 4.78 is 0. The Morgan fingerprint density at radius 2 is 1.95 bits per heavy atom. The van der Waals surface area contributed by atoms with Gasteiger partial charge in [0.25, 0.3) is 0 Å². The zero-order valence-corrected chi connectivity index (χ0v) is 12.6. The second-order valence-corrected chi connectivity index (χ2v) is 5.91. The summed E-state index contributed by atoms with van der Waals surface area (Å²) in [6.45, 7) is 3.19. The van der Waals surface area contributed by atoms with Crippen LogP contribution in [0.4, 0.5) is 0 Å². The molecule has 3 heterocycles. The minimum absolute atomic E-state index is 0.874. The summed E-state index contributed by atoms with van der Waals surface area (Å²) in [7, 11) is 0. The van der Waals surface area contributed by atoms with Crippen molar-refractivity contribution in [3.05, 3.63) is 71.5 Å². The number of nitrogens with zero attached hydrogens (tertiary/aromatic N) is 3. The summed E-state index contributed by atoms with van der Waals surface area (Å²) in [6.07, 6.45) is 3.95. The van der Waals surface area contributed by atoms with Gasteiger partial charge in [-0.3, -0.25) is 4.90 Å². The average Bonchev–Trinajstić information content (AvgIpc) is 2.59. The number of rotatable bonds is 3. The standard InChI is InChI=1S/C19H19N3/c1-2-5-15(6-3-1)8-11-22-12-9-18-17(14-22)13-16-7-4-10-20-19(16)21-18/h1-7,10,13H,8-9,11-12,14H2. The minimum Gasteiger partial charge on any atom is -0.298 e. The molecule has 0 radical (unpaired) electrons. The number of aromatic nitrogens is 2. The topological polar surface area (TPSA) is 29.0 Å². The zero-order valence-electron chi connectivity index (χ0n) is 12.6. The highest BCUT2D eigenvalue weighted by atomic mass is 15.1. The van der Waals surface area contributed by atoms with Crippen LogP contribution in [0.3, 0.4) is 0 Å². The van der Waals surface area contributed by atoms with Gasteiger partial charge in [0.2, 0.25) is 0 Å². The zero-order chi connectivity index (χ0) is 14.8. The van der Waals surface area contributed by atoms with Gasteiger partial charge < -0.3 is 0 Å². The molecule has 3 nitrogen and oxygen atoms in total. The summed E-state index contributed by atoms with van der Waals surface area (Å²) in [4.78, 5) is 11.6. The molecule has 1 aliphatic heterocycles. The van der Waals surface area contributed by atoms with Crippen LogP contribution in [0.25, 0.3) is 11.0 Å². The van der Waals surface area contributed by atoms with E-state index in [4.69, 9.17) is 4.98 Å². The first kappa shape index (κ1) is 13.4. The van der Waals surface area contributed by atoms with Gasteiger partial charge in [0.1, 0.15) is 0 Å². The molecule has 0 aliphatic carbocycles. The predicted octanol–water partition coefficient (Wildman–Crippen LogP) is 3.23. The van der Waals surface area contributed by atoms with Gasteiger partial charge in [-0.1, -0.05) is 30.3 Å². The van der Waals surface area contributed by atoms with Gasteiger partial charge >= 0.3 is 0 Å². The van der Waals surface area contributed by atoms with E-state index in [1.54, 1.807) is 0 Å². The molecule has 1 aliphatic rings. The highest BCUT2D eigenvalue weighted by Gasteiger charge is 2.18. The van der Waals surface area contributed by atoms with Gasteiger partial charge in [-0.05, 0) is 35.7 Å². The van der Waals surface area contributed by atoms with E-state index in [1.807, 2.05) is 12.3 Å². The molecule has 0 spiro atoms. The first-order valence-corrected chi connectivity index (χ1v) is 7.88. The fourth-order valence-electron chi connectivity index (χ4n) is 3.15. The fourth-order valence-corrected chi connectivity index (χ4v) is 3.15. The highest BCUT2D eigenvalue weighted by molar-refractivity contribution is 5.75. The predicted molar refractivity (Wildman–Crippen MR) is 88.7 cm³/mol. The van der Waals surface area contributed by atoms with E-state index in [2.05, 4.69) is 52.3 Å². The van der Waals surface area contributed by atoms with Crippen molar-refractivity contribution in [1.29, 1.82) is 0 Å². The number of fused-ring (bicyclic) bond motifs is 2. The molecular weight excluding hydrogens is 270 g/mol. The molecule has 1 aromatic carbocycles. The van der Waals surface area contributed by atoms with Gasteiger partial charge in [-0.2, -0.15) is 0 Å².